The molecule has 0 aliphatic rings. The zero-order chi connectivity index (χ0) is 9.68. The minimum absolute atomic E-state index is 0.728. The van der Waals surface area contributed by atoms with Gasteiger partial charge in [0.15, 0.2) is 0 Å². The summed E-state index contributed by atoms with van der Waals surface area (Å²) < 4.78 is 0. The summed E-state index contributed by atoms with van der Waals surface area (Å²) in [6.07, 6.45) is 5.44. The molecule has 1 aromatic rings. The van der Waals surface area contributed by atoms with Gasteiger partial charge in [0.25, 0.3) is 0 Å². The molecule has 0 aromatic heterocycles. The number of hydrogen-bond donors (Lipinski definition) is 0. The molecule has 0 saturated carbocycles. The smallest absolute Gasteiger partial charge is 0.0228 e. The van der Waals surface area contributed by atoms with Gasteiger partial charge in [0.05, 0.1) is 0 Å². The Labute approximate surface area is 81.3 Å². The molecule has 0 N–H and O–H groups in total. The third-order valence-electron chi connectivity index (χ3n) is 2.03. The molecule has 1 rings (SSSR count). The fraction of sp³-hybridized carbons (Fsp3) is 0.385. The maximum Gasteiger partial charge on any atom is -0.0228 e. The van der Waals surface area contributed by atoms with Gasteiger partial charge in [-0.05, 0) is 30.4 Å². The lowest BCUT2D eigenvalue weighted by molar-refractivity contribution is 0.646. The van der Waals surface area contributed by atoms with E-state index in [-0.39, 0.29) is 0 Å². The Morgan fingerprint density at radius 2 is 1.92 bits per heavy atom. The van der Waals surface area contributed by atoms with E-state index in [1.807, 2.05) is 0 Å². The second kappa shape index (κ2) is 4.86. The molecule has 0 amide bonds. The van der Waals surface area contributed by atoms with Crippen molar-refractivity contribution in [3.8, 4) is 0 Å². The summed E-state index contributed by atoms with van der Waals surface area (Å²) in [5.41, 5.74) is 2.81. The molecule has 0 aliphatic heterocycles. The van der Waals surface area contributed by atoms with Gasteiger partial charge >= 0.3 is 0 Å². The van der Waals surface area contributed by atoms with Crippen molar-refractivity contribution in [2.75, 3.05) is 0 Å². The molecule has 0 fully saturated rings. The molecule has 0 atom stereocenters. The highest BCUT2D eigenvalue weighted by Crippen LogP contribution is 2.14. The molecule has 0 aliphatic carbocycles. The van der Waals surface area contributed by atoms with Crippen LogP contribution in [0.15, 0.2) is 30.3 Å². The summed E-state index contributed by atoms with van der Waals surface area (Å²) in [7, 11) is 0. The highest BCUT2D eigenvalue weighted by atomic mass is 14.1. The van der Waals surface area contributed by atoms with Crippen molar-refractivity contribution in [1.82, 2.24) is 0 Å². The minimum Gasteiger partial charge on any atom is -0.0871 e. The second-order valence-electron chi connectivity index (χ2n) is 3.80. The molecule has 70 valence electrons. The van der Waals surface area contributed by atoms with Crippen LogP contribution in [0.3, 0.4) is 0 Å². The molecular weight excluding hydrogens is 156 g/mol. The lowest BCUT2D eigenvalue weighted by Gasteiger charge is -2.08. The number of rotatable bonds is 3. The van der Waals surface area contributed by atoms with Gasteiger partial charge in [-0.1, -0.05) is 50.3 Å². The van der Waals surface area contributed by atoms with Crippen LogP contribution < -0.4 is 0 Å². The zero-order valence-electron chi connectivity index (χ0n) is 8.75. The van der Waals surface area contributed by atoms with E-state index >= 15 is 0 Å². The van der Waals surface area contributed by atoms with E-state index in [2.05, 4.69) is 57.2 Å². The molecule has 0 heteroatoms. The SMILES string of the molecule is CC=Cc1ccccc1CC(C)C. The molecule has 0 heterocycles. The topological polar surface area (TPSA) is 0 Å². The van der Waals surface area contributed by atoms with Crippen LogP contribution in [0.2, 0.25) is 0 Å². The summed E-state index contributed by atoms with van der Waals surface area (Å²) in [5, 5.41) is 0. The van der Waals surface area contributed by atoms with Gasteiger partial charge < -0.3 is 0 Å². The van der Waals surface area contributed by atoms with Crippen molar-refractivity contribution >= 4 is 6.08 Å². The molecule has 0 bridgehead atoms. The van der Waals surface area contributed by atoms with Crippen molar-refractivity contribution in [1.29, 1.82) is 0 Å². The van der Waals surface area contributed by atoms with Crippen LogP contribution in [-0.2, 0) is 6.42 Å². The van der Waals surface area contributed by atoms with Gasteiger partial charge in [0.2, 0.25) is 0 Å². The van der Waals surface area contributed by atoms with Gasteiger partial charge in [0.1, 0.15) is 0 Å². The Bertz CT molecular complexity index is 282. The number of hydrogen-bond acceptors (Lipinski definition) is 0. The first-order valence-corrected chi connectivity index (χ1v) is 4.94. The van der Waals surface area contributed by atoms with Crippen molar-refractivity contribution in [3.05, 3.63) is 41.5 Å². The molecule has 1 aromatic carbocycles. The van der Waals surface area contributed by atoms with Crippen LogP contribution in [0.25, 0.3) is 6.08 Å². The summed E-state index contributed by atoms with van der Waals surface area (Å²) >= 11 is 0. The second-order valence-corrected chi connectivity index (χ2v) is 3.80. The summed E-state index contributed by atoms with van der Waals surface area (Å²) in [6.45, 7) is 6.57. The Morgan fingerprint density at radius 1 is 1.23 bits per heavy atom. The monoisotopic (exact) mass is 174 g/mol. The summed E-state index contributed by atoms with van der Waals surface area (Å²) in [4.78, 5) is 0. The van der Waals surface area contributed by atoms with E-state index in [0.717, 1.165) is 5.92 Å². The molecule has 0 radical (unpaired) electrons. The zero-order valence-corrected chi connectivity index (χ0v) is 8.75. The third-order valence-corrected chi connectivity index (χ3v) is 2.03. The first-order chi connectivity index (χ1) is 6.24. The van der Waals surface area contributed by atoms with Crippen LogP contribution in [-0.4, -0.2) is 0 Å². The van der Waals surface area contributed by atoms with Crippen LogP contribution in [0.5, 0.6) is 0 Å². The van der Waals surface area contributed by atoms with E-state index in [1.165, 1.54) is 17.5 Å². The fourth-order valence-corrected chi connectivity index (χ4v) is 1.50. The largest absolute Gasteiger partial charge is 0.0871 e. The van der Waals surface area contributed by atoms with Gasteiger partial charge in [-0.3, -0.25) is 0 Å². The quantitative estimate of drug-likeness (QED) is 0.651. The fourth-order valence-electron chi connectivity index (χ4n) is 1.50. The third kappa shape index (κ3) is 3.06. The Kier molecular flexibility index (Phi) is 3.75. The highest BCUT2D eigenvalue weighted by molar-refractivity contribution is 5.53. The predicted octanol–water partition coefficient (Wildman–Crippen LogP) is 3.92. The van der Waals surface area contributed by atoms with Crippen molar-refractivity contribution in [3.63, 3.8) is 0 Å². The number of allylic oxidation sites excluding steroid dienone is 1. The number of benzene rings is 1. The molecular formula is C13H18. The van der Waals surface area contributed by atoms with Crippen molar-refractivity contribution < 1.29 is 0 Å². The molecule has 0 unspecified atom stereocenters. The molecule has 0 nitrogen and oxygen atoms in total. The van der Waals surface area contributed by atoms with E-state index in [4.69, 9.17) is 0 Å². The van der Waals surface area contributed by atoms with Gasteiger partial charge in [-0.15, -0.1) is 0 Å². The van der Waals surface area contributed by atoms with Crippen LogP contribution in [0.1, 0.15) is 31.9 Å². The molecule has 13 heavy (non-hydrogen) atoms. The Morgan fingerprint density at radius 3 is 2.54 bits per heavy atom. The maximum atomic E-state index is 2.26. The molecule has 0 saturated heterocycles. The lowest BCUT2D eigenvalue weighted by atomic mass is 9.98. The van der Waals surface area contributed by atoms with E-state index in [9.17, 15) is 0 Å². The Hall–Kier alpha value is -1.04. The average Bonchev–Trinajstić information content (AvgIpc) is 2.08. The van der Waals surface area contributed by atoms with E-state index < -0.39 is 0 Å². The minimum atomic E-state index is 0.728. The normalized spacial score (nSPS) is 11.4. The summed E-state index contributed by atoms with van der Waals surface area (Å²) in [5.74, 6) is 0.728. The summed E-state index contributed by atoms with van der Waals surface area (Å²) in [6, 6.07) is 8.61. The molecule has 0 spiro atoms. The van der Waals surface area contributed by atoms with Crippen molar-refractivity contribution in [2.45, 2.75) is 27.2 Å². The first kappa shape index (κ1) is 10.0. The van der Waals surface area contributed by atoms with Gasteiger partial charge in [-0.2, -0.15) is 0 Å². The van der Waals surface area contributed by atoms with Crippen LogP contribution >= 0.6 is 0 Å². The van der Waals surface area contributed by atoms with Gasteiger partial charge in [-0.25, -0.2) is 0 Å². The van der Waals surface area contributed by atoms with Crippen LogP contribution in [0, 0.1) is 5.92 Å². The standard InChI is InChI=1S/C13H18/c1-4-7-12-8-5-6-9-13(12)10-11(2)3/h4-9,11H,10H2,1-3H3. The predicted molar refractivity (Wildman–Crippen MR) is 59.7 cm³/mol. The Balaban J connectivity index is 2.90. The highest BCUT2D eigenvalue weighted by Gasteiger charge is 2.00. The van der Waals surface area contributed by atoms with E-state index in [1.54, 1.807) is 0 Å². The van der Waals surface area contributed by atoms with Gasteiger partial charge in [0, 0.05) is 0 Å². The van der Waals surface area contributed by atoms with Crippen molar-refractivity contribution in [2.24, 2.45) is 5.92 Å². The van der Waals surface area contributed by atoms with Crippen LogP contribution in [0.4, 0.5) is 0 Å². The van der Waals surface area contributed by atoms with E-state index in [0.29, 0.717) is 0 Å². The maximum absolute atomic E-state index is 2.26. The first-order valence-electron chi connectivity index (χ1n) is 4.94. The lowest BCUT2D eigenvalue weighted by Crippen LogP contribution is -1.96. The average molecular weight is 174 g/mol.